The monoisotopic (exact) mass is 294 g/mol. The van der Waals surface area contributed by atoms with E-state index in [1.165, 1.54) is 19.1 Å². The standard InChI is InChI=1S/C10H14O6S2/c1-3-7-5-9(17(11,12)13)8(4-2)10(6-7)18(14,15)16/h5-6H,3-4H2,1-2H3,(H,11,12,13)(H,14,15,16). The van der Waals surface area contributed by atoms with Gasteiger partial charge in [-0.25, -0.2) is 0 Å². The summed E-state index contributed by atoms with van der Waals surface area (Å²) in [6.45, 7) is 3.23. The van der Waals surface area contributed by atoms with E-state index < -0.39 is 30.0 Å². The topological polar surface area (TPSA) is 109 Å². The molecule has 102 valence electrons. The molecule has 0 amide bonds. The Morgan fingerprint density at radius 1 is 0.889 bits per heavy atom. The van der Waals surface area contributed by atoms with Crippen LogP contribution in [0.1, 0.15) is 25.0 Å². The van der Waals surface area contributed by atoms with Crippen LogP contribution < -0.4 is 0 Å². The van der Waals surface area contributed by atoms with Crippen molar-refractivity contribution in [2.75, 3.05) is 0 Å². The van der Waals surface area contributed by atoms with Gasteiger partial charge in [0.25, 0.3) is 20.2 Å². The summed E-state index contributed by atoms with van der Waals surface area (Å²) in [5.41, 5.74) is 0.282. The van der Waals surface area contributed by atoms with Crippen LogP contribution in [-0.2, 0) is 33.1 Å². The van der Waals surface area contributed by atoms with Crippen LogP contribution in [0, 0.1) is 0 Å². The SMILES string of the molecule is CCc1cc(S(=O)(=O)O)c(CC)c(S(=O)(=O)O)c1. The van der Waals surface area contributed by atoms with E-state index in [0.29, 0.717) is 12.0 Å². The summed E-state index contributed by atoms with van der Waals surface area (Å²) in [6.07, 6.45) is 0.420. The molecule has 6 nitrogen and oxygen atoms in total. The maximum atomic E-state index is 11.2. The third-order valence-electron chi connectivity index (χ3n) is 2.55. The summed E-state index contributed by atoms with van der Waals surface area (Å²) < 4.78 is 63.2. The predicted molar refractivity (Wildman–Crippen MR) is 64.8 cm³/mol. The second-order valence-electron chi connectivity index (χ2n) is 3.73. The molecule has 18 heavy (non-hydrogen) atoms. The molecule has 0 fully saturated rings. The van der Waals surface area contributed by atoms with Crippen LogP contribution in [-0.4, -0.2) is 25.9 Å². The fourth-order valence-corrected chi connectivity index (χ4v) is 3.48. The molecule has 0 atom stereocenters. The van der Waals surface area contributed by atoms with Crippen molar-refractivity contribution in [1.29, 1.82) is 0 Å². The lowest BCUT2D eigenvalue weighted by atomic mass is 10.1. The van der Waals surface area contributed by atoms with Crippen molar-refractivity contribution in [2.24, 2.45) is 0 Å². The Balaban J connectivity index is 3.84. The number of aryl methyl sites for hydroxylation is 1. The molecular weight excluding hydrogens is 280 g/mol. The molecule has 0 bridgehead atoms. The fourth-order valence-electron chi connectivity index (χ4n) is 1.69. The van der Waals surface area contributed by atoms with Crippen molar-refractivity contribution in [1.82, 2.24) is 0 Å². The highest BCUT2D eigenvalue weighted by molar-refractivity contribution is 7.86. The van der Waals surface area contributed by atoms with Gasteiger partial charge in [0.2, 0.25) is 0 Å². The van der Waals surface area contributed by atoms with Gasteiger partial charge in [-0.2, -0.15) is 16.8 Å². The summed E-state index contributed by atoms with van der Waals surface area (Å²) in [7, 11) is -9.07. The fraction of sp³-hybridized carbons (Fsp3) is 0.400. The first kappa shape index (κ1) is 15.1. The van der Waals surface area contributed by atoms with Gasteiger partial charge in [0, 0.05) is 0 Å². The average Bonchev–Trinajstić information content (AvgIpc) is 2.24. The molecule has 0 aliphatic rings. The number of benzene rings is 1. The van der Waals surface area contributed by atoms with Gasteiger partial charge in [0.1, 0.15) is 0 Å². The largest absolute Gasteiger partial charge is 0.294 e. The van der Waals surface area contributed by atoms with E-state index in [1.807, 2.05) is 0 Å². The second kappa shape index (κ2) is 4.96. The van der Waals surface area contributed by atoms with E-state index in [-0.39, 0.29) is 12.0 Å². The highest BCUT2D eigenvalue weighted by Crippen LogP contribution is 2.26. The quantitative estimate of drug-likeness (QED) is 0.810. The van der Waals surface area contributed by atoms with E-state index in [2.05, 4.69) is 0 Å². The van der Waals surface area contributed by atoms with Crippen molar-refractivity contribution >= 4 is 20.2 Å². The van der Waals surface area contributed by atoms with Gasteiger partial charge < -0.3 is 0 Å². The Hall–Kier alpha value is -0.960. The third-order valence-corrected chi connectivity index (χ3v) is 4.39. The maximum absolute atomic E-state index is 11.2. The lowest BCUT2D eigenvalue weighted by Gasteiger charge is -2.12. The maximum Gasteiger partial charge on any atom is 0.294 e. The highest BCUT2D eigenvalue weighted by Gasteiger charge is 2.24. The Morgan fingerprint density at radius 3 is 1.50 bits per heavy atom. The van der Waals surface area contributed by atoms with Crippen LogP contribution in [0.2, 0.25) is 0 Å². The molecule has 0 unspecified atom stereocenters. The molecule has 8 heteroatoms. The molecule has 0 aliphatic carbocycles. The van der Waals surface area contributed by atoms with E-state index in [0.717, 1.165) is 0 Å². The summed E-state index contributed by atoms with van der Waals surface area (Å²) >= 11 is 0. The predicted octanol–water partition coefficient (Wildman–Crippen LogP) is 1.30. The van der Waals surface area contributed by atoms with Crippen LogP contribution in [0.15, 0.2) is 21.9 Å². The van der Waals surface area contributed by atoms with Crippen LogP contribution in [0.5, 0.6) is 0 Å². The minimum Gasteiger partial charge on any atom is -0.282 e. The van der Waals surface area contributed by atoms with Crippen molar-refractivity contribution in [2.45, 2.75) is 36.5 Å². The highest BCUT2D eigenvalue weighted by atomic mass is 32.2. The molecule has 1 rings (SSSR count). The van der Waals surface area contributed by atoms with Crippen LogP contribution >= 0.6 is 0 Å². The summed E-state index contributed by atoms with van der Waals surface area (Å²) in [4.78, 5) is -0.950. The lowest BCUT2D eigenvalue weighted by molar-refractivity contribution is 0.478. The Bertz CT molecular complexity index is 605. The second-order valence-corrected chi connectivity index (χ2v) is 6.51. The molecule has 1 aromatic rings. The number of hydrogen-bond acceptors (Lipinski definition) is 4. The van der Waals surface area contributed by atoms with Crippen molar-refractivity contribution in [3.05, 3.63) is 23.3 Å². The zero-order chi connectivity index (χ0) is 14.1. The van der Waals surface area contributed by atoms with Crippen LogP contribution in [0.4, 0.5) is 0 Å². The molecule has 0 aromatic heterocycles. The Labute approximate surface area is 106 Å². The Morgan fingerprint density at radius 2 is 1.28 bits per heavy atom. The van der Waals surface area contributed by atoms with Gasteiger partial charge in [-0.15, -0.1) is 0 Å². The molecule has 0 saturated heterocycles. The molecular formula is C10H14O6S2. The van der Waals surface area contributed by atoms with Gasteiger partial charge in [-0.05, 0) is 36.1 Å². The molecule has 0 aliphatic heterocycles. The summed E-state index contributed by atoms with van der Waals surface area (Å²) in [5, 5.41) is 0. The minimum absolute atomic E-state index is 0.0498. The normalized spacial score (nSPS) is 12.7. The third kappa shape index (κ3) is 3.08. The molecule has 0 heterocycles. The van der Waals surface area contributed by atoms with Gasteiger partial charge in [0.15, 0.2) is 0 Å². The van der Waals surface area contributed by atoms with Crippen molar-refractivity contribution in [3.63, 3.8) is 0 Å². The Kier molecular flexibility index (Phi) is 4.16. The van der Waals surface area contributed by atoms with Crippen LogP contribution in [0.3, 0.4) is 0 Å². The first-order chi connectivity index (χ1) is 8.11. The number of rotatable bonds is 4. The van der Waals surface area contributed by atoms with Gasteiger partial charge >= 0.3 is 0 Å². The summed E-state index contributed by atoms with van der Waals surface area (Å²) in [5.74, 6) is 0. The lowest BCUT2D eigenvalue weighted by Crippen LogP contribution is -2.10. The minimum atomic E-state index is -4.54. The van der Waals surface area contributed by atoms with E-state index >= 15 is 0 Å². The van der Waals surface area contributed by atoms with E-state index in [1.54, 1.807) is 6.92 Å². The smallest absolute Gasteiger partial charge is 0.282 e. The molecule has 1 aromatic carbocycles. The van der Waals surface area contributed by atoms with E-state index in [9.17, 15) is 16.8 Å². The van der Waals surface area contributed by atoms with Gasteiger partial charge in [0.05, 0.1) is 9.79 Å². The molecule has 2 N–H and O–H groups in total. The zero-order valence-corrected chi connectivity index (χ0v) is 11.5. The molecule has 0 saturated carbocycles. The van der Waals surface area contributed by atoms with Crippen molar-refractivity contribution in [3.8, 4) is 0 Å². The summed E-state index contributed by atoms with van der Waals surface area (Å²) in [6, 6.07) is 2.42. The first-order valence-electron chi connectivity index (χ1n) is 5.22. The first-order valence-corrected chi connectivity index (χ1v) is 8.10. The molecule has 0 radical (unpaired) electrons. The van der Waals surface area contributed by atoms with Crippen molar-refractivity contribution < 1.29 is 25.9 Å². The number of hydrogen-bond donors (Lipinski definition) is 2. The van der Waals surface area contributed by atoms with Gasteiger partial charge in [-0.1, -0.05) is 13.8 Å². The zero-order valence-electron chi connectivity index (χ0n) is 9.91. The van der Waals surface area contributed by atoms with E-state index in [4.69, 9.17) is 9.11 Å². The average molecular weight is 294 g/mol. The van der Waals surface area contributed by atoms with Crippen LogP contribution in [0.25, 0.3) is 0 Å². The van der Waals surface area contributed by atoms with Gasteiger partial charge in [-0.3, -0.25) is 9.11 Å². The molecule has 0 spiro atoms.